The van der Waals surface area contributed by atoms with Crippen molar-refractivity contribution in [2.75, 3.05) is 11.1 Å². The highest BCUT2D eigenvalue weighted by Crippen LogP contribution is 2.27. The van der Waals surface area contributed by atoms with Crippen molar-refractivity contribution in [3.63, 3.8) is 0 Å². The van der Waals surface area contributed by atoms with E-state index in [9.17, 15) is 4.79 Å². The summed E-state index contributed by atoms with van der Waals surface area (Å²) in [6.07, 6.45) is 0. The summed E-state index contributed by atoms with van der Waals surface area (Å²) >= 11 is 1.47. The summed E-state index contributed by atoms with van der Waals surface area (Å²) in [4.78, 5) is 17.0. The molecule has 0 bridgehead atoms. The Morgan fingerprint density at radius 1 is 1.00 bits per heavy atom. The highest BCUT2D eigenvalue weighted by atomic mass is 32.2. The molecule has 0 aliphatic carbocycles. The Kier molecular flexibility index (Phi) is 5.09. The molecular weight excluding hydrogens is 328 g/mol. The summed E-state index contributed by atoms with van der Waals surface area (Å²) in [6, 6.07) is 14.2. The van der Waals surface area contributed by atoms with Gasteiger partial charge in [0, 0.05) is 11.1 Å². The number of nitrogens with one attached hydrogen (secondary N) is 1. The lowest BCUT2D eigenvalue weighted by Crippen LogP contribution is -2.14. The number of amides is 1. The van der Waals surface area contributed by atoms with Crippen molar-refractivity contribution in [2.45, 2.75) is 32.7 Å². The first kappa shape index (κ1) is 17.5. The van der Waals surface area contributed by atoms with Crippen molar-refractivity contribution >= 4 is 34.3 Å². The zero-order chi connectivity index (χ0) is 18.0. The number of pyridine rings is 1. The van der Waals surface area contributed by atoms with E-state index in [0.29, 0.717) is 5.75 Å². The largest absolute Gasteiger partial charge is 0.325 e. The van der Waals surface area contributed by atoms with E-state index in [4.69, 9.17) is 4.98 Å². The van der Waals surface area contributed by atoms with Gasteiger partial charge in [-0.3, -0.25) is 4.79 Å². The van der Waals surface area contributed by atoms with Crippen LogP contribution in [0.4, 0.5) is 5.69 Å². The summed E-state index contributed by atoms with van der Waals surface area (Å²) in [5.74, 6) is 0.330. The predicted octanol–water partition coefficient (Wildman–Crippen LogP) is 5.20. The van der Waals surface area contributed by atoms with Crippen LogP contribution in [-0.2, 0) is 4.79 Å². The van der Waals surface area contributed by atoms with Crippen LogP contribution in [0.25, 0.3) is 10.9 Å². The van der Waals surface area contributed by atoms with Gasteiger partial charge in [-0.2, -0.15) is 0 Å². The fraction of sp³-hybridized carbons (Fsp3) is 0.238. The number of thioether (sulfide) groups is 1. The zero-order valence-electron chi connectivity index (χ0n) is 15.0. The molecule has 0 atom stereocenters. The minimum Gasteiger partial charge on any atom is -0.325 e. The third kappa shape index (κ3) is 4.02. The molecule has 3 aromatic rings. The minimum atomic E-state index is -0.0144. The summed E-state index contributed by atoms with van der Waals surface area (Å²) in [6.45, 7) is 8.27. The predicted molar refractivity (Wildman–Crippen MR) is 106 cm³/mol. The molecule has 1 N–H and O–H groups in total. The van der Waals surface area contributed by atoms with E-state index in [2.05, 4.69) is 44.3 Å². The van der Waals surface area contributed by atoms with Crippen molar-refractivity contribution in [3.05, 3.63) is 64.7 Å². The average molecular weight is 350 g/mol. The number of carbonyl (C=O) groups excluding carboxylic acids is 1. The molecule has 0 spiro atoms. The van der Waals surface area contributed by atoms with Crippen molar-refractivity contribution in [1.82, 2.24) is 4.98 Å². The molecule has 0 unspecified atom stereocenters. The Balaban J connectivity index is 1.75. The van der Waals surface area contributed by atoms with Gasteiger partial charge in [0.05, 0.1) is 16.3 Å². The Labute approximate surface area is 152 Å². The number of hydrogen-bond acceptors (Lipinski definition) is 3. The molecule has 4 heteroatoms. The maximum atomic E-state index is 12.2. The molecule has 3 rings (SSSR count). The van der Waals surface area contributed by atoms with Crippen molar-refractivity contribution in [3.8, 4) is 0 Å². The van der Waals surface area contributed by atoms with Crippen LogP contribution in [-0.4, -0.2) is 16.6 Å². The number of benzene rings is 2. The van der Waals surface area contributed by atoms with Gasteiger partial charge in [0.1, 0.15) is 0 Å². The number of rotatable bonds is 4. The minimum absolute atomic E-state index is 0.0144. The standard InChI is InChI=1S/C21H22N2OS/c1-13-9-16(4)21-17(10-13)15(3)11-20(23-21)25-12-19(24)22-18-8-6-5-7-14(18)2/h5-11H,12H2,1-4H3,(H,22,24). The van der Waals surface area contributed by atoms with E-state index in [1.165, 1.54) is 33.8 Å². The first-order valence-electron chi connectivity index (χ1n) is 8.31. The van der Waals surface area contributed by atoms with Gasteiger partial charge in [-0.05, 0) is 62.6 Å². The second-order valence-electron chi connectivity index (χ2n) is 6.41. The van der Waals surface area contributed by atoms with E-state index >= 15 is 0 Å². The quantitative estimate of drug-likeness (QED) is 0.658. The maximum Gasteiger partial charge on any atom is 0.234 e. The van der Waals surface area contributed by atoms with Gasteiger partial charge < -0.3 is 5.32 Å². The topological polar surface area (TPSA) is 42.0 Å². The normalized spacial score (nSPS) is 10.9. The van der Waals surface area contributed by atoms with Gasteiger partial charge in [-0.1, -0.05) is 41.6 Å². The number of nitrogens with zero attached hydrogens (tertiary/aromatic N) is 1. The molecule has 0 saturated heterocycles. The lowest BCUT2D eigenvalue weighted by atomic mass is 10.0. The SMILES string of the molecule is Cc1cc(C)c2nc(SCC(=O)Nc3ccccc3C)cc(C)c2c1. The summed E-state index contributed by atoms with van der Waals surface area (Å²) in [5.41, 5.74) is 6.55. The van der Waals surface area contributed by atoms with E-state index < -0.39 is 0 Å². The molecule has 0 aliphatic rings. The van der Waals surface area contributed by atoms with Gasteiger partial charge in [0.15, 0.2) is 0 Å². The highest BCUT2D eigenvalue weighted by molar-refractivity contribution is 7.99. The van der Waals surface area contributed by atoms with Crippen LogP contribution in [0.2, 0.25) is 0 Å². The lowest BCUT2D eigenvalue weighted by Gasteiger charge is -2.10. The average Bonchev–Trinajstić information content (AvgIpc) is 2.56. The number of aromatic nitrogens is 1. The smallest absolute Gasteiger partial charge is 0.234 e. The number of para-hydroxylation sites is 1. The van der Waals surface area contributed by atoms with E-state index in [-0.39, 0.29) is 5.91 Å². The number of fused-ring (bicyclic) bond motifs is 1. The number of hydrogen-bond donors (Lipinski definition) is 1. The van der Waals surface area contributed by atoms with E-state index in [0.717, 1.165) is 21.8 Å². The van der Waals surface area contributed by atoms with Crippen molar-refractivity contribution in [2.24, 2.45) is 0 Å². The second-order valence-corrected chi connectivity index (χ2v) is 7.40. The monoisotopic (exact) mass is 350 g/mol. The lowest BCUT2D eigenvalue weighted by molar-refractivity contribution is -0.113. The number of anilines is 1. The Bertz CT molecular complexity index is 950. The van der Waals surface area contributed by atoms with Gasteiger partial charge in [0.25, 0.3) is 0 Å². The maximum absolute atomic E-state index is 12.2. The third-order valence-corrected chi connectivity index (χ3v) is 5.11. The Morgan fingerprint density at radius 2 is 1.76 bits per heavy atom. The molecule has 0 fully saturated rings. The molecule has 1 aromatic heterocycles. The summed E-state index contributed by atoms with van der Waals surface area (Å²) < 4.78 is 0. The van der Waals surface area contributed by atoms with Crippen LogP contribution in [0.1, 0.15) is 22.3 Å². The van der Waals surface area contributed by atoms with E-state index in [1.807, 2.05) is 31.2 Å². The highest BCUT2D eigenvalue weighted by Gasteiger charge is 2.10. The van der Waals surface area contributed by atoms with Crippen molar-refractivity contribution < 1.29 is 4.79 Å². The molecule has 1 amide bonds. The number of carbonyl (C=O) groups is 1. The van der Waals surface area contributed by atoms with Crippen LogP contribution in [0.15, 0.2) is 47.5 Å². The molecule has 0 saturated carbocycles. The number of aryl methyl sites for hydroxylation is 4. The Morgan fingerprint density at radius 3 is 2.52 bits per heavy atom. The molecular formula is C21H22N2OS. The first-order chi connectivity index (χ1) is 11.9. The van der Waals surface area contributed by atoms with Gasteiger partial charge in [-0.25, -0.2) is 4.98 Å². The van der Waals surface area contributed by atoms with Crippen LogP contribution in [0, 0.1) is 27.7 Å². The van der Waals surface area contributed by atoms with E-state index in [1.54, 1.807) is 0 Å². The Hall–Kier alpha value is -2.33. The molecule has 25 heavy (non-hydrogen) atoms. The van der Waals surface area contributed by atoms with Gasteiger partial charge in [0.2, 0.25) is 5.91 Å². The molecule has 128 valence electrons. The molecule has 0 radical (unpaired) electrons. The van der Waals surface area contributed by atoms with Crippen LogP contribution >= 0.6 is 11.8 Å². The second kappa shape index (κ2) is 7.28. The molecule has 3 nitrogen and oxygen atoms in total. The fourth-order valence-electron chi connectivity index (χ4n) is 2.93. The molecule has 2 aromatic carbocycles. The summed E-state index contributed by atoms with van der Waals surface area (Å²) in [7, 11) is 0. The summed E-state index contributed by atoms with van der Waals surface area (Å²) in [5, 5.41) is 5.04. The van der Waals surface area contributed by atoms with Gasteiger partial charge >= 0.3 is 0 Å². The van der Waals surface area contributed by atoms with Crippen LogP contribution in [0.3, 0.4) is 0 Å². The van der Waals surface area contributed by atoms with Crippen molar-refractivity contribution in [1.29, 1.82) is 0 Å². The van der Waals surface area contributed by atoms with Gasteiger partial charge in [-0.15, -0.1) is 0 Å². The van der Waals surface area contributed by atoms with Crippen LogP contribution < -0.4 is 5.32 Å². The zero-order valence-corrected chi connectivity index (χ0v) is 15.8. The first-order valence-corrected chi connectivity index (χ1v) is 9.29. The molecule has 0 aliphatic heterocycles. The fourth-order valence-corrected chi connectivity index (χ4v) is 3.69. The third-order valence-electron chi connectivity index (χ3n) is 4.20. The molecule has 1 heterocycles. The van der Waals surface area contributed by atoms with Crippen LogP contribution in [0.5, 0.6) is 0 Å².